The summed E-state index contributed by atoms with van der Waals surface area (Å²) in [6.45, 7) is 7.64. The zero-order valence-electron chi connectivity index (χ0n) is 38.6. The summed E-state index contributed by atoms with van der Waals surface area (Å²) < 4.78 is 17.3. The van der Waals surface area contributed by atoms with Gasteiger partial charge in [0.2, 0.25) is 0 Å². The molecule has 0 spiro atoms. The van der Waals surface area contributed by atoms with E-state index in [-0.39, 0.29) is 25.2 Å². The predicted molar refractivity (Wildman–Crippen MR) is 251 cm³/mol. The Hall–Kier alpha value is -2.40. The van der Waals surface area contributed by atoms with Gasteiger partial charge in [-0.3, -0.25) is 9.59 Å². The van der Waals surface area contributed by atoms with Crippen LogP contribution in [0, 0.1) is 0 Å². The number of carbonyl (C=O) groups is 2. The van der Waals surface area contributed by atoms with Crippen molar-refractivity contribution in [2.24, 2.45) is 0 Å². The minimum Gasteiger partial charge on any atom is -0.462 e. The lowest BCUT2D eigenvalue weighted by Crippen LogP contribution is -2.30. The highest BCUT2D eigenvalue weighted by molar-refractivity contribution is 5.70. The maximum Gasteiger partial charge on any atom is 0.306 e. The molecule has 0 N–H and O–H groups in total. The summed E-state index contributed by atoms with van der Waals surface area (Å²) in [6.07, 6.45) is 60.9. The smallest absolute Gasteiger partial charge is 0.306 e. The molecule has 0 aliphatic heterocycles. The fourth-order valence-electron chi connectivity index (χ4n) is 6.85. The highest BCUT2D eigenvalue weighted by Crippen LogP contribution is 2.14. The van der Waals surface area contributed by atoms with Crippen molar-refractivity contribution in [3.8, 4) is 0 Å². The van der Waals surface area contributed by atoms with E-state index < -0.39 is 6.10 Å². The highest BCUT2D eigenvalue weighted by Gasteiger charge is 2.17. The van der Waals surface area contributed by atoms with Gasteiger partial charge in [0.15, 0.2) is 6.10 Å². The third-order valence-electron chi connectivity index (χ3n) is 10.5. The van der Waals surface area contributed by atoms with E-state index in [1.807, 2.05) is 0 Å². The average Bonchev–Trinajstić information content (AvgIpc) is 3.22. The van der Waals surface area contributed by atoms with Gasteiger partial charge in [-0.15, -0.1) is 0 Å². The number of hydrogen-bond acceptors (Lipinski definition) is 5. The first-order chi connectivity index (χ1) is 28.6. The molecule has 0 aliphatic rings. The van der Waals surface area contributed by atoms with Crippen molar-refractivity contribution in [3.05, 3.63) is 60.8 Å². The van der Waals surface area contributed by atoms with Crippen LogP contribution in [0.5, 0.6) is 0 Å². The summed E-state index contributed by atoms with van der Waals surface area (Å²) in [7, 11) is 0. The molecule has 0 saturated carbocycles. The van der Waals surface area contributed by atoms with E-state index in [0.29, 0.717) is 19.4 Å². The number of hydrogen-bond donors (Lipinski definition) is 0. The fourth-order valence-corrected chi connectivity index (χ4v) is 6.85. The van der Waals surface area contributed by atoms with Crippen LogP contribution in [0.4, 0.5) is 0 Å². The summed E-state index contributed by atoms with van der Waals surface area (Å²) >= 11 is 0. The first kappa shape index (κ1) is 55.6. The molecule has 0 bridgehead atoms. The normalized spacial score (nSPS) is 12.7. The van der Waals surface area contributed by atoms with Crippen LogP contribution in [0.2, 0.25) is 0 Å². The van der Waals surface area contributed by atoms with Crippen molar-refractivity contribution in [2.45, 2.75) is 245 Å². The maximum atomic E-state index is 12.7. The van der Waals surface area contributed by atoms with Crippen LogP contribution in [0.25, 0.3) is 0 Å². The van der Waals surface area contributed by atoms with Crippen molar-refractivity contribution in [1.29, 1.82) is 0 Å². The van der Waals surface area contributed by atoms with E-state index >= 15 is 0 Å². The Labute approximate surface area is 360 Å². The Balaban J connectivity index is 4.13. The molecule has 5 heteroatoms. The molecule has 0 aromatic rings. The lowest BCUT2D eigenvalue weighted by Gasteiger charge is -2.18. The molecular formula is C53H94O5. The molecule has 0 saturated heterocycles. The Morgan fingerprint density at radius 1 is 0.397 bits per heavy atom. The summed E-state index contributed by atoms with van der Waals surface area (Å²) in [5.74, 6) is -0.411. The standard InChI is InChI=1S/C53H94O5/c1-4-7-10-13-16-18-20-22-24-26-27-28-29-31-33-35-38-40-43-46-52(54)57-50-51(58-53(55)47-44-41-37-15-12-9-6-3)49-56-48-45-42-39-36-34-32-30-25-23-21-19-17-14-11-8-5-2/h8,11,16-19,22-25,51H,4-7,9-10,12-15,20-21,26-50H2,1-3H3/b11-8-,18-16-,19-17-,24-22-,25-23-. The number of carbonyl (C=O) groups excluding carboxylic acids is 2. The molecule has 1 unspecified atom stereocenters. The van der Waals surface area contributed by atoms with Crippen molar-refractivity contribution in [3.63, 3.8) is 0 Å². The number of allylic oxidation sites excluding steroid dienone is 10. The average molecular weight is 811 g/mol. The van der Waals surface area contributed by atoms with Gasteiger partial charge >= 0.3 is 11.9 Å². The molecule has 58 heavy (non-hydrogen) atoms. The van der Waals surface area contributed by atoms with Crippen molar-refractivity contribution >= 4 is 11.9 Å². The van der Waals surface area contributed by atoms with Crippen LogP contribution >= 0.6 is 0 Å². The van der Waals surface area contributed by atoms with Gasteiger partial charge in [0.25, 0.3) is 0 Å². The third-order valence-corrected chi connectivity index (χ3v) is 10.5. The van der Waals surface area contributed by atoms with Crippen LogP contribution in [0.3, 0.4) is 0 Å². The van der Waals surface area contributed by atoms with Crippen LogP contribution in [-0.4, -0.2) is 37.9 Å². The van der Waals surface area contributed by atoms with Gasteiger partial charge in [-0.1, -0.05) is 204 Å². The van der Waals surface area contributed by atoms with Gasteiger partial charge in [0.05, 0.1) is 6.61 Å². The van der Waals surface area contributed by atoms with Crippen molar-refractivity contribution in [1.82, 2.24) is 0 Å². The topological polar surface area (TPSA) is 61.8 Å². The van der Waals surface area contributed by atoms with Gasteiger partial charge in [0.1, 0.15) is 6.61 Å². The van der Waals surface area contributed by atoms with E-state index in [1.54, 1.807) is 0 Å². The van der Waals surface area contributed by atoms with E-state index in [9.17, 15) is 9.59 Å². The maximum absolute atomic E-state index is 12.7. The Morgan fingerprint density at radius 3 is 1.28 bits per heavy atom. The van der Waals surface area contributed by atoms with Gasteiger partial charge < -0.3 is 14.2 Å². The number of unbranched alkanes of at least 4 members (excludes halogenated alkanes) is 24. The van der Waals surface area contributed by atoms with E-state index in [2.05, 4.69) is 81.5 Å². The van der Waals surface area contributed by atoms with Crippen LogP contribution in [-0.2, 0) is 23.8 Å². The largest absolute Gasteiger partial charge is 0.462 e. The summed E-state index contributed by atoms with van der Waals surface area (Å²) in [6, 6.07) is 0. The summed E-state index contributed by atoms with van der Waals surface area (Å²) in [5, 5.41) is 0. The zero-order chi connectivity index (χ0) is 42.1. The molecule has 0 heterocycles. The highest BCUT2D eigenvalue weighted by atomic mass is 16.6. The lowest BCUT2D eigenvalue weighted by atomic mass is 10.1. The Bertz CT molecular complexity index is 1010. The number of ether oxygens (including phenoxy) is 3. The van der Waals surface area contributed by atoms with Crippen LogP contribution < -0.4 is 0 Å². The third kappa shape index (κ3) is 46.3. The van der Waals surface area contributed by atoms with Gasteiger partial charge in [-0.2, -0.15) is 0 Å². The number of rotatable bonds is 45. The molecular weight excluding hydrogens is 717 g/mol. The second-order valence-electron chi connectivity index (χ2n) is 16.3. The van der Waals surface area contributed by atoms with Gasteiger partial charge in [0, 0.05) is 19.4 Å². The first-order valence-electron chi connectivity index (χ1n) is 24.8. The van der Waals surface area contributed by atoms with Crippen molar-refractivity contribution in [2.75, 3.05) is 19.8 Å². The Morgan fingerprint density at radius 2 is 0.776 bits per heavy atom. The molecule has 0 amide bonds. The minimum atomic E-state index is -0.541. The molecule has 0 fully saturated rings. The van der Waals surface area contributed by atoms with Gasteiger partial charge in [-0.05, 0) is 83.5 Å². The molecule has 0 aromatic heterocycles. The molecule has 336 valence electrons. The monoisotopic (exact) mass is 811 g/mol. The number of esters is 2. The zero-order valence-corrected chi connectivity index (χ0v) is 38.6. The second-order valence-corrected chi connectivity index (χ2v) is 16.3. The molecule has 0 aliphatic carbocycles. The first-order valence-corrected chi connectivity index (χ1v) is 24.8. The van der Waals surface area contributed by atoms with E-state index in [0.717, 1.165) is 70.6 Å². The van der Waals surface area contributed by atoms with E-state index in [4.69, 9.17) is 14.2 Å². The SMILES string of the molecule is CC/C=C\C/C=C\C/C=C\CCCCCCCCOCC(COC(=O)CCCCCCCCCCC/C=C\C/C=C\CCCCC)OC(=O)CCCCCCCCC. The molecule has 0 aromatic carbocycles. The van der Waals surface area contributed by atoms with Crippen LogP contribution in [0.15, 0.2) is 60.8 Å². The fraction of sp³-hybridized carbons (Fsp3) is 0.774. The van der Waals surface area contributed by atoms with Gasteiger partial charge in [-0.25, -0.2) is 0 Å². The predicted octanol–water partition coefficient (Wildman–Crippen LogP) is 16.6. The van der Waals surface area contributed by atoms with E-state index in [1.165, 1.54) is 135 Å². The van der Waals surface area contributed by atoms with Crippen molar-refractivity contribution < 1.29 is 23.8 Å². The molecule has 0 radical (unpaired) electrons. The lowest BCUT2D eigenvalue weighted by molar-refractivity contribution is -0.163. The molecule has 1 atom stereocenters. The minimum absolute atomic E-state index is 0.0780. The molecule has 5 nitrogen and oxygen atoms in total. The molecule has 0 rings (SSSR count). The second kappa shape index (κ2) is 49.0. The van der Waals surface area contributed by atoms with Crippen LogP contribution in [0.1, 0.15) is 239 Å². The summed E-state index contributed by atoms with van der Waals surface area (Å²) in [5.41, 5.74) is 0. The summed E-state index contributed by atoms with van der Waals surface area (Å²) in [4.78, 5) is 25.2. The Kier molecular flexibility index (Phi) is 46.9. The quantitative estimate of drug-likeness (QED) is 0.0348.